The lowest BCUT2D eigenvalue weighted by Gasteiger charge is -2.15. The first-order valence-electron chi connectivity index (χ1n) is 6.54. The Balaban J connectivity index is 2.25. The maximum atomic E-state index is 12.2. The lowest BCUT2D eigenvalue weighted by Crippen LogP contribution is -2.24. The molecule has 1 unspecified atom stereocenters. The topological polar surface area (TPSA) is 84.2 Å². The first-order chi connectivity index (χ1) is 9.90. The summed E-state index contributed by atoms with van der Waals surface area (Å²) in [7, 11) is 0. The fraction of sp³-hybridized carbons (Fsp3) is 0.267. The van der Waals surface area contributed by atoms with E-state index in [1.165, 1.54) is 10.7 Å². The maximum absolute atomic E-state index is 12.2. The molecule has 21 heavy (non-hydrogen) atoms. The highest BCUT2D eigenvalue weighted by molar-refractivity contribution is 5.97. The van der Waals surface area contributed by atoms with Crippen LogP contribution in [-0.2, 0) is 4.79 Å². The normalized spacial score (nSPS) is 12.0. The highest BCUT2D eigenvalue weighted by Crippen LogP contribution is 2.22. The zero-order chi connectivity index (χ0) is 15.6. The van der Waals surface area contributed by atoms with E-state index in [1.807, 2.05) is 6.92 Å². The van der Waals surface area contributed by atoms with Crippen LogP contribution >= 0.6 is 0 Å². The Bertz CT molecular complexity index is 678. The third-order valence-corrected chi connectivity index (χ3v) is 3.36. The van der Waals surface area contributed by atoms with Crippen LogP contribution in [0, 0.1) is 13.8 Å². The Kier molecular flexibility index (Phi) is 4.07. The number of nitrogens with zero attached hydrogens (tertiary/aromatic N) is 2. The summed E-state index contributed by atoms with van der Waals surface area (Å²) >= 11 is 0. The van der Waals surface area contributed by atoms with Gasteiger partial charge in [-0.15, -0.1) is 0 Å². The first kappa shape index (κ1) is 14.8. The molecule has 0 radical (unpaired) electrons. The van der Waals surface area contributed by atoms with Crippen molar-refractivity contribution in [2.75, 3.05) is 5.32 Å². The number of nitrogens with one attached hydrogen (secondary N) is 1. The molecule has 110 valence electrons. The average molecular weight is 287 g/mol. The fourth-order valence-electron chi connectivity index (χ4n) is 2.08. The summed E-state index contributed by atoms with van der Waals surface area (Å²) in [5, 5.41) is 15.9. The van der Waals surface area contributed by atoms with Crippen molar-refractivity contribution in [1.29, 1.82) is 0 Å². The summed E-state index contributed by atoms with van der Waals surface area (Å²) in [6.45, 7) is 5.28. The average Bonchev–Trinajstić information content (AvgIpc) is 2.94. The molecule has 2 rings (SSSR count). The van der Waals surface area contributed by atoms with E-state index in [0.29, 0.717) is 11.3 Å². The van der Waals surface area contributed by atoms with Crippen molar-refractivity contribution >= 4 is 17.6 Å². The zero-order valence-corrected chi connectivity index (χ0v) is 12.1. The highest BCUT2D eigenvalue weighted by atomic mass is 16.4. The van der Waals surface area contributed by atoms with Crippen molar-refractivity contribution in [3.8, 4) is 0 Å². The van der Waals surface area contributed by atoms with Gasteiger partial charge in [0, 0.05) is 18.1 Å². The van der Waals surface area contributed by atoms with Gasteiger partial charge in [-0.1, -0.05) is 6.07 Å². The van der Waals surface area contributed by atoms with E-state index in [2.05, 4.69) is 10.4 Å². The molecule has 0 saturated heterocycles. The van der Waals surface area contributed by atoms with Gasteiger partial charge in [-0.2, -0.15) is 5.10 Å². The largest absolute Gasteiger partial charge is 0.478 e. The molecule has 1 atom stereocenters. The smallest absolute Gasteiger partial charge is 0.336 e. The van der Waals surface area contributed by atoms with Crippen molar-refractivity contribution in [1.82, 2.24) is 9.78 Å². The van der Waals surface area contributed by atoms with Crippen LogP contribution in [0.1, 0.15) is 34.5 Å². The van der Waals surface area contributed by atoms with E-state index in [0.717, 1.165) is 5.56 Å². The van der Waals surface area contributed by atoms with Crippen molar-refractivity contribution in [3.05, 3.63) is 47.3 Å². The number of hydrogen-bond donors (Lipinski definition) is 2. The molecule has 1 aromatic carbocycles. The predicted molar refractivity (Wildman–Crippen MR) is 78.4 cm³/mol. The van der Waals surface area contributed by atoms with Gasteiger partial charge in [0.2, 0.25) is 5.91 Å². The van der Waals surface area contributed by atoms with Gasteiger partial charge >= 0.3 is 5.97 Å². The number of anilines is 1. The van der Waals surface area contributed by atoms with Gasteiger partial charge in [0.05, 0.1) is 5.56 Å². The second-order valence-electron chi connectivity index (χ2n) is 4.94. The highest BCUT2D eigenvalue weighted by Gasteiger charge is 2.17. The number of carbonyl (C=O) groups excluding carboxylic acids is 1. The minimum Gasteiger partial charge on any atom is -0.478 e. The van der Waals surface area contributed by atoms with Gasteiger partial charge in [0.15, 0.2) is 0 Å². The molecule has 0 aliphatic carbocycles. The van der Waals surface area contributed by atoms with Crippen LogP contribution in [0.4, 0.5) is 5.69 Å². The van der Waals surface area contributed by atoms with E-state index in [4.69, 9.17) is 5.11 Å². The molecule has 0 aliphatic heterocycles. The number of hydrogen-bond acceptors (Lipinski definition) is 3. The van der Waals surface area contributed by atoms with Gasteiger partial charge in [0.1, 0.15) is 6.04 Å². The zero-order valence-electron chi connectivity index (χ0n) is 12.1. The number of carboxylic acid groups (broad SMARTS) is 1. The molecule has 0 spiro atoms. The summed E-state index contributed by atoms with van der Waals surface area (Å²) in [6, 6.07) is 4.50. The van der Waals surface area contributed by atoms with Crippen LogP contribution in [0.2, 0.25) is 0 Å². The predicted octanol–water partition coefficient (Wildman–Crippen LogP) is 2.40. The molecular formula is C15H17N3O3. The summed E-state index contributed by atoms with van der Waals surface area (Å²) in [6.07, 6.45) is 3.30. The van der Waals surface area contributed by atoms with E-state index < -0.39 is 12.0 Å². The van der Waals surface area contributed by atoms with Crippen LogP contribution in [0.3, 0.4) is 0 Å². The third kappa shape index (κ3) is 3.10. The molecule has 0 saturated carbocycles. The third-order valence-electron chi connectivity index (χ3n) is 3.36. The summed E-state index contributed by atoms with van der Waals surface area (Å²) < 4.78 is 1.54. The Morgan fingerprint density at radius 3 is 2.57 bits per heavy atom. The second-order valence-corrected chi connectivity index (χ2v) is 4.94. The van der Waals surface area contributed by atoms with Gasteiger partial charge < -0.3 is 10.4 Å². The number of carboxylic acids is 1. The van der Waals surface area contributed by atoms with Crippen LogP contribution in [-0.4, -0.2) is 26.8 Å². The number of rotatable bonds is 4. The Labute approximate surface area is 122 Å². The summed E-state index contributed by atoms with van der Waals surface area (Å²) in [5.74, 6) is -1.26. The molecule has 2 aromatic rings. The van der Waals surface area contributed by atoms with Crippen molar-refractivity contribution < 1.29 is 14.7 Å². The summed E-state index contributed by atoms with van der Waals surface area (Å²) in [4.78, 5) is 23.4. The van der Waals surface area contributed by atoms with Crippen LogP contribution in [0.15, 0.2) is 30.6 Å². The monoisotopic (exact) mass is 287 g/mol. The fourth-order valence-corrected chi connectivity index (χ4v) is 2.08. The quantitative estimate of drug-likeness (QED) is 0.904. The number of aryl methyl sites for hydroxylation is 2. The summed E-state index contributed by atoms with van der Waals surface area (Å²) in [5.41, 5.74) is 2.17. The van der Waals surface area contributed by atoms with E-state index in [9.17, 15) is 9.59 Å². The molecule has 1 heterocycles. The number of carbonyl (C=O) groups is 2. The van der Waals surface area contributed by atoms with Gasteiger partial charge in [0.25, 0.3) is 0 Å². The molecule has 6 nitrogen and oxygen atoms in total. The van der Waals surface area contributed by atoms with Crippen LogP contribution in [0.25, 0.3) is 0 Å². The minimum atomic E-state index is -1.01. The molecule has 1 aromatic heterocycles. The Morgan fingerprint density at radius 1 is 1.29 bits per heavy atom. The maximum Gasteiger partial charge on any atom is 0.336 e. The van der Waals surface area contributed by atoms with E-state index in [-0.39, 0.29) is 11.5 Å². The lowest BCUT2D eigenvalue weighted by molar-refractivity contribution is -0.119. The number of benzene rings is 1. The lowest BCUT2D eigenvalue weighted by atomic mass is 10.0. The Hall–Kier alpha value is -2.63. The van der Waals surface area contributed by atoms with Crippen molar-refractivity contribution in [2.24, 2.45) is 0 Å². The van der Waals surface area contributed by atoms with E-state index >= 15 is 0 Å². The van der Waals surface area contributed by atoms with E-state index in [1.54, 1.807) is 38.4 Å². The number of amides is 1. The van der Waals surface area contributed by atoms with Gasteiger partial charge in [-0.05, 0) is 44.0 Å². The van der Waals surface area contributed by atoms with Crippen molar-refractivity contribution in [3.63, 3.8) is 0 Å². The molecular weight excluding hydrogens is 270 g/mol. The van der Waals surface area contributed by atoms with Gasteiger partial charge in [-0.25, -0.2) is 4.79 Å². The molecule has 0 aliphatic rings. The molecule has 1 amide bonds. The second kappa shape index (κ2) is 5.78. The number of aromatic nitrogens is 2. The first-order valence-corrected chi connectivity index (χ1v) is 6.54. The van der Waals surface area contributed by atoms with Crippen molar-refractivity contribution in [2.45, 2.75) is 26.8 Å². The van der Waals surface area contributed by atoms with Gasteiger partial charge in [-0.3, -0.25) is 9.48 Å². The minimum absolute atomic E-state index is 0.183. The van der Waals surface area contributed by atoms with Crippen LogP contribution < -0.4 is 5.32 Å². The van der Waals surface area contributed by atoms with Crippen LogP contribution in [0.5, 0.6) is 0 Å². The Morgan fingerprint density at radius 2 is 2.00 bits per heavy atom. The number of aromatic carboxylic acids is 1. The molecule has 6 heteroatoms. The molecule has 0 bridgehead atoms. The standard InChI is InChI=1S/C15H17N3O3/c1-9-7-10(2)13(8-12(9)15(20)21)17-14(19)11(3)18-6-4-5-16-18/h4-8,11H,1-3H3,(H,17,19)(H,20,21). The SMILES string of the molecule is Cc1cc(C)c(C(=O)O)cc1NC(=O)C(C)n1cccn1. The molecule has 0 fully saturated rings. The molecule has 2 N–H and O–H groups in total.